The molecular weight excluding hydrogens is 478 g/mol. The average Bonchev–Trinajstić information content (AvgIpc) is 2.81. The van der Waals surface area contributed by atoms with Gasteiger partial charge >= 0.3 is 5.97 Å². The van der Waals surface area contributed by atoms with Gasteiger partial charge < -0.3 is 32.5 Å². The molecule has 0 bridgehead atoms. The monoisotopic (exact) mass is 521 g/mol. The molecule has 0 radical (unpaired) electrons. The summed E-state index contributed by atoms with van der Waals surface area (Å²) in [6, 6.07) is -3.59. The summed E-state index contributed by atoms with van der Waals surface area (Å²) in [6.45, 7) is 4.18. The van der Waals surface area contributed by atoms with Crippen LogP contribution in [0.25, 0.3) is 0 Å². The van der Waals surface area contributed by atoms with Gasteiger partial charge in [-0.2, -0.15) is 23.5 Å². The number of unbranched alkanes of at least 4 members (excludes halogenated alkanes) is 1. The first-order valence-corrected chi connectivity index (χ1v) is 14.5. The number of nitrogens with one attached hydrogen (secondary N) is 3. The number of nitrogens with two attached hydrogens (primary N) is 2. The average molecular weight is 522 g/mol. The van der Waals surface area contributed by atoms with Crippen LogP contribution in [0.15, 0.2) is 0 Å². The number of carbonyl (C=O) groups excluding carboxylic acids is 3. The minimum absolute atomic E-state index is 0.196. The van der Waals surface area contributed by atoms with Gasteiger partial charge in [0.15, 0.2) is 0 Å². The molecule has 0 aromatic carbocycles. The summed E-state index contributed by atoms with van der Waals surface area (Å²) < 4.78 is 0. The molecule has 0 saturated heterocycles. The molecule has 34 heavy (non-hydrogen) atoms. The zero-order chi connectivity index (χ0) is 26.1. The molecule has 12 heteroatoms. The predicted molar refractivity (Wildman–Crippen MR) is 140 cm³/mol. The molecule has 0 aromatic heterocycles. The van der Waals surface area contributed by atoms with E-state index in [2.05, 4.69) is 16.0 Å². The van der Waals surface area contributed by atoms with Gasteiger partial charge in [0.1, 0.15) is 18.1 Å². The minimum atomic E-state index is -1.13. The molecule has 198 valence electrons. The Hall–Kier alpha value is -1.50. The number of amides is 3. The van der Waals surface area contributed by atoms with Crippen LogP contribution in [-0.2, 0) is 19.2 Å². The Labute approximate surface area is 211 Å². The van der Waals surface area contributed by atoms with Gasteiger partial charge in [0, 0.05) is 0 Å². The highest BCUT2D eigenvalue weighted by Crippen LogP contribution is 2.11. The van der Waals surface area contributed by atoms with Crippen molar-refractivity contribution < 1.29 is 24.3 Å². The molecule has 0 aliphatic carbocycles. The van der Waals surface area contributed by atoms with Crippen LogP contribution in [0.4, 0.5) is 0 Å². The molecule has 0 spiro atoms. The smallest absolute Gasteiger partial charge is 0.326 e. The van der Waals surface area contributed by atoms with E-state index in [9.17, 15) is 24.3 Å². The van der Waals surface area contributed by atoms with Gasteiger partial charge in [0.2, 0.25) is 17.7 Å². The number of thioether (sulfide) groups is 2. The molecule has 0 heterocycles. The Morgan fingerprint density at radius 3 is 1.97 bits per heavy atom. The molecule has 8 N–H and O–H groups in total. The van der Waals surface area contributed by atoms with E-state index in [0.29, 0.717) is 44.4 Å². The van der Waals surface area contributed by atoms with E-state index >= 15 is 0 Å². The Morgan fingerprint density at radius 1 is 0.853 bits per heavy atom. The van der Waals surface area contributed by atoms with E-state index in [1.165, 1.54) is 11.8 Å². The fourth-order valence-electron chi connectivity index (χ4n) is 3.13. The Kier molecular flexibility index (Phi) is 18.0. The van der Waals surface area contributed by atoms with E-state index in [-0.39, 0.29) is 12.3 Å². The normalized spacial score (nSPS) is 15.5. The summed E-state index contributed by atoms with van der Waals surface area (Å²) in [5.74, 6) is -1.51. The molecule has 3 amide bonds. The molecule has 0 aromatic rings. The van der Waals surface area contributed by atoms with Gasteiger partial charge in [0.25, 0.3) is 0 Å². The van der Waals surface area contributed by atoms with Crippen molar-refractivity contribution >= 4 is 47.2 Å². The standard InChI is InChI=1S/C22H43N5O5S2/c1-5-14(2)18(27-19(28)15(24)9-12-33-3)21(30)25-16(8-6-7-11-23)20(29)26-17(22(31)32)10-13-34-4/h14-18H,5-13,23-24H2,1-4H3,(H,25,30)(H,26,29)(H,27,28)(H,31,32). The number of hydrogen-bond donors (Lipinski definition) is 6. The Morgan fingerprint density at radius 2 is 1.44 bits per heavy atom. The maximum atomic E-state index is 13.2. The Balaban J connectivity index is 5.47. The highest BCUT2D eigenvalue weighted by Gasteiger charge is 2.32. The maximum absolute atomic E-state index is 13.2. The zero-order valence-electron chi connectivity index (χ0n) is 20.8. The van der Waals surface area contributed by atoms with Crippen LogP contribution in [0.5, 0.6) is 0 Å². The Bertz CT molecular complexity index is 641. The lowest BCUT2D eigenvalue weighted by atomic mass is 9.97. The van der Waals surface area contributed by atoms with Gasteiger partial charge in [-0.1, -0.05) is 20.3 Å². The predicted octanol–water partition coefficient (Wildman–Crippen LogP) is 0.534. The van der Waals surface area contributed by atoms with E-state index in [1.54, 1.807) is 11.8 Å². The molecule has 0 fully saturated rings. The van der Waals surface area contributed by atoms with Gasteiger partial charge in [0.05, 0.1) is 6.04 Å². The summed E-state index contributed by atoms with van der Waals surface area (Å²) in [6.07, 6.45) is 6.69. The molecule has 5 atom stereocenters. The second-order valence-electron chi connectivity index (χ2n) is 8.29. The highest BCUT2D eigenvalue weighted by molar-refractivity contribution is 7.98. The van der Waals surface area contributed by atoms with Crippen molar-refractivity contribution in [1.82, 2.24) is 16.0 Å². The van der Waals surface area contributed by atoms with Gasteiger partial charge in [-0.15, -0.1) is 0 Å². The zero-order valence-corrected chi connectivity index (χ0v) is 22.4. The summed E-state index contributed by atoms with van der Waals surface area (Å²) in [5.41, 5.74) is 11.5. The van der Waals surface area contributed by atoms with Crippen molar-refractivity contribution in [2.75, 3.05) is 30.6 Å². The fraction of sp³-hybridized carbons (Fsp3) is 0.818. The van der Waals surface area contributed by atoms with Gasteiger partial charge in [-0.3, -0.25) is 14.4 Å². The molecule has 5 unspecified atom stereocenters. The largest absolute Gasteiger partial charge is 0.480 e. The van der Waals surface area contributed by atoms with Crippen LogP contribution >= 0.6 is 23.5 Å². The first-order valence-electron chi connectivity index (χ1n) is 11.7. The number of aliphatic carboxylic acids is 1. The van der Waals surface area contributed by atoms with Crippen molar-refractivity contribution in [2.24, 2.45) is 17.4 Å². The third-order valence-electron chi connectivity index (χ3n) is 5.57. The van der Waals surface area contributed by atoms with Crippen LogP contribution in [0, 0.1) is 5.92 Å². The lowest BCUT2D eigenvalue weighted by Gasteiger charge is -2.28. The van der Waals surface area contributed by atoms with Crippen molar-refractivity contribution in [3.8, 4) is 0 Å². The van der Waals surface area contributed by atoms with Crippen LogP contribution in [0.1, 0.15) is 52.4 Å². The van der Waals surface area contributed by atoms with Crippen molar-refractivity contribution in [3.63, 3.8) is 0 Å². The number of carboxylic acids is 1. The quantitative estimate of drug-likeness (QED) is 0.132. The van der Waals surface area contributed by atoms with E-state index < -0.39 is 47.9 Å². The summed E-state index contributed by atoms with van der Waals surface area (Å²) in [4.78, 5) is 50.2. The summed E-state index contributed by atoms with van der Waals surface area (Å²) in [7, 11) is 0. The van der Waals surface area contributed by atoms with Crippen molar-refractivity contribution in [3.05, 3.63) is 0 Å². The number of rotatable bonds is 19. The first kappa shape index (κ1) is 32.5. The molecule has 0 aliphatic rings. The van der Waals surface area contributed by atoms with E-state index in [1.807, 2.05) is 26.4 Å². The minimum Gasteiger partial charge on any atom is -0.480 e. The van der Waals surface area contributed by atoms with Crippen LogP contribution in [0.2, 0.25) is 0 Å². The SMILES string of the molecule is CCC(C)C(NC(=O)C(N)CCSC)C(=O)NC(CCCCN)C(=O)NC(CCSC)C(=O)O. The second-order valence-corrected chi connectivity index (χ2v) is 10.3. The van der Waals surface area contributed by atoms with E-state index in [4.69, 9.17) is 11.5 Å². The van der Waals surface area contributed by atoms with Crippen LogP contribution < -0.4 is 27.4 Å². The number of hydrogen-bond acceptors (Lipinski definition) is 8. The van der Waals surface area contributed by atoms with E-state index in [0.717, 1.165) is 5.75 Å². The van der Waals surface area contributed by atoms with Crippen molar-refractivity contribution in [2.45, 2.75) is 76.5 Å². The van der Waals surface area contributed by atoms with Crippen LogP contribution in [-0.4, -0.2) is 83.5 Å². The van der Waals surface area contributed by atoms with Crippen LogP contribution in [0.3, 0.4) is 0 Å². The molecule has 0 rings (SSSR count). The third-order valence-corrected chi connectivity index (χ3v) is 6.86. The molecular formula is C22H43N5O5S2. The first-order chi connectivity index (χ1) is 16.1. The number of carbonyl (C=O) groups is 4. The van der Waals surface area contributed by atoms with Gasteiger partial charge in [-0.05, 0) is 68.6 Å². The maximum Gasteiger partial charge on any atom is 0.326 e. The second kappa shape index (κ2) is 18.8. The van der Waals surface area contributed by atoms with Gasteiger partial charge in [-0.25, -0.2) is 4.79 Å². The molecule has 0 saturated carbocycles. The fourth-order valence-corrected chi connectivity index (χ4v) is 4.09. The lowest BCUT2D eigenvalue weighted by Crippen LogP contribution is -2.58. The highest BCUT2D eigenvalue weighted by atomic mass is 32.2. The topological polar surface area (TPSA) is 177 Å². The summed E-state index contributed by atoms with van der Waals surface area (Å²) in [5, 5.41) is 17.5. The lowest BCUT2D eigenvalue weighted by molar-refractivity contribution is -0.142. The number of carboxylic acid groups (broad SMARTS) is 1. The third kappa shape index (κ3) is 12.8. The molecule has 10 nitrogen and oxygen atoms in total. The molecule has 0 aliphatic heterocycles. The van der Waals surface area contributed by atoms with Crippen molar-refractivity contribution in [1.29, 1.82) is 0 Å². The summed E-state index contributed by atoms with van der Waals surface area (Å²) >= 11 is 3.06.